The minimum Gasteiger partial charge on any atom is -0.507 e. The fourth-order valence-corrected chi connectivity index (χ4v) is 2.16. The molecule has 1 atom stereocenters. The molecule has 3 N–H and O–H groups in total. The Bertz CT molecular complexity index is 388. The number of nitrogens with two attached hydrogens (primary N) is 1. The quantitative estimate of drug-likeness (QED) is 0.850. The van der Waals surface area contributed by atoms with Crippen molar-refractivity contribution in [2.75, 3.05) is 6.54 Å². The lowest BCUT2D eigenvalue weighted by Gasteiger charge is -2.20. The molecule has 0 heterocycles. The third-order valence-electron chi connectivity index (χ3n) is 3.04. The molecule has 0 bridgehead atoms. The van der Waals surface area contributed by atoms with Gasteiger partial charge in [-0.15, -0.1) is 0 Å². The molecule has 0 radical (unpaired) electrons. The summed E-state index contributed by atoms with van der Waals surface area (Å²) in [6, 6.07) is 1.85. The average Bonchev–Trinajstić information content (AvgIpc) is 2.22. The van der Waals surface area contributed by atoms with Gasteiger partial charge in [0.2, 0.25) is 0 Å². The maximum atomic E-state index is 10.3. The molecule has 0 amide bonds. The summed E-state index contributed by atoms with van der Waals surface area (Å²) in [6.45, 7) is 8.51. The topological polar surface area (TPSA) is 46.2 Å². The first kappa shape index (κ1) is 13.3. The largest absolute Gasteiger partial charge is 0.507 e. The van der Waals surface area contributed by atoms with Gasteiger partial charge in [-0.25, -0.2) is 0 Å². The highest BCUT2D eigenvalue weighted by molar-refractivity contribution is 6.31. The van der Waals surface area contributed by atoms with E-state index in [9.17, 15) is 5.11 Å². The van der Waals surface area contributed by atoms with Crippen LogP contribution in [0.2, 0.25) is 5.02 Å². The van der Waals surface area contributed by atoms with Gasteiger partial charge in [-0.3, -0.25) is 0 Å². The van der Waals surface area contributed by atoms with Crippen molar-refractivity contribution in [1.82, 2.24) is 0 Å². The number of benzene rings is 1. The first-order chi connectivity index (χ1) is 7.40. The minimum absolute atomic E-state index is 0.121. The van der Waals surface area contributed by atoms with Crippen LogP contribution in [-0.2, 0) is 0 Å². The van der Waals surface area contributed by atoms with Gasteiger partial charge < -0.3 is 10.8 Å². The number of phenolic OH excluding ortho intramolecular Hbond substituents is 1. The molecule has 1 rings (SSSR count). The molecule has 1 aromatic carbocycles. The van der Waals surface area contributed by atoms with Gasteiger partial charge in [0.05, 0.1) is 0 Å². The number of rotatable bonds is 3. The van der Waals surface area contributed by atoms with Crippen LogP contribution >= 0.6 is 11.6 Å². The van der Waals surface area contributed by atoms with Gasteiger partial charge in [-0.1, -0.05) is 32.4 Å². The lowest BCUT2D eigenvalue weighted by Crippen LogP contribution is -2.11. The summed E-state index contributed by atoms with van der Waals surface area (Å²) in [6.07, 6.45) is 0. The highest BCUT2D eigenvalue weighted by atomic mass is 35.5. The van der Waals surface area contributed by atoms with E-state index in [-0.39, 0.29) is 11.8 Å². The van der Waals surface area contributed by atoms with Crippen molar-refractivity contribution < 1.29 is 5.11 Å². The SMILES string of the molecule is Cc1c(Cl)cc(C(C)C)c(O)c1C(C)CN. The van der Waals surface area contributed by atoms with Crippen LogP contribution in [0.1, 0.15) is 49.3 Å². The van der Waals surface area contributed by atoms with Crippen molar-refractivity contribution in [3.63, 3.8) is 0 Å². The van der Waals surface area contributed by atoms with Crippen molar-refractivity contribution in [3.05, 3.63) is 27.8 Å². The first-order valence-electron chi connectivity index (χ1n) is 5.62. The van der Waals surface area contributed by atoms with E-state index in [4.69, 9.17) is 17.3 Å². The number of aromatic hydroxyl groups is 1. The van der Waals surface area contributed by atoms with Gasteiger partial charge in [0.1, 0.15) is 5.75 Å². The van der Waals surface area contributed by atoms with Gasteiger partial charge in [0.25, 0.3) is 0 Å². The Hall–Kier alpha value is -0.730. The van der Waals surface area contributed by atoms with Gasteiger partial charge in [0.15, 0.2) is 0 Å². The molecule has 0 aromatic heterocycles. The molecule has 0 aliphatic heterocycles. The lowest BCUT2D eigenvalue weighted by atomic mass is 9.89. The Morgan fingerprint density at radius 2 is 1.94 bits per heavy atom. The van der Waals surface area contributed by atoms with E-state index in [2.05, 4.69) is 0 Å². The van der Waals surface area contributed by atoms with Crippen LogP contribution < -0.4 is 5.73 Å². The molecule has 16 heavy (non-hydrogen) atoms. The fraction of sp³-hybridized carbons (Fsp3) is 0.538. The number of phenols is 1. The van der Waals surface area contributed by atoms with Gasteiger partial charge in [-0.2, -0.15) is 0 Å². The molecular weight excluding hydrogens is 222 g/mol. The van der Waals surface area contributed by atoms with Crippen LogP contribution in [0.25, 0.3) is 0 Å². The minimum atomic E-state index is 0.121. The Labute approximate surface area is 102 Å². The summed E-state index contributed by atoms with van der Waals surface area (Å²) in [5, 5.41) is 11.0. The van der Waals surface area contributed by atoms with Crippen molar-refractivity contribution in [3.8, 4) is 5.75 Å². The normalized spacial score (nSPS) is 13.2. The number of hydrogen-bond acceptors (Lipinski definition) is 2. The monoisotopic (exact) mass is 241 g/mol. The second kappa shape index (κ2) is 5.07. The third kappa shape index (κ3) is 2.33. The summed E-state index contributed by atoms with van der Waals surface area (Å²) in [4.78, 5) is 0. The maximum Gasteiger partial charge on any atom is 0.122 e. The van der Waals surface area contributed by atoms with Crippen molar-refractivity contribution in [2.24, 2.45) is 5.73 Å². The van der Waals surface area contributed by atoms with Gasteiger partial charge in [-0.05, 0) is 42.5 Å². The van der Waals surface area contributed by atoms with E-state index in [1.807, 2.05) is 33.8 Å². The van der Waals surface area contributed by atoms with Crippen LogP contribution in [0.3, 0.4) is 0 Å². The van der Waals surface area contributed by atoms with Crippen LogP contribution in [0.15, 0.2) is 6.07 Å². The van der Waals surface area contributed by atoms with E-state index in [0.717, 1.165) is 16.7 Å². The predicted octanol–water partition coefficient (Wildman–Crippen LogP) is 3.54. The van der Waals surface area contributed by atoms with Crippen LogP contribution in [0.4, 0.5) is 0 Å². The van der Waals surface area contributed by atoms with E-state index in [1.54, 1.807) is 0 Å². The molecular formula is C13H20ClNO. The Morgan fingerprint density at radius 3 is 2.38 bits per heavy atom. The highest BCUT2D eigenvalue weighted by Crippen LogP contribution is 2.39. The molecule has 0 aliphatic rings. The Kier molecular flexibility index (Phi) is 4.22. The molecule has 0 saturated carbocycles. The van der Waals surface area contributed by atoms with Crippen LogP contribution in [0, 0.1) is 6.92 Å². The highest BCUT2D eigenvalue weighted by Gasteiger charge is 2.19. The molecule has 2 nitrogen and oxygen atoms in total. The second-order valence-corrected chi connectivity index (χ2v) is 5.03. The zero-order chi connectivity index (χ0) is 12.5. The molecule has 3 heteroatoms. The van der Waals surface area contributed by atoms with Crippen molar-refractivity contribution in [2.45, 2.75) is 39.5 Å². The number of hydrogen-bond donors (Lipinski definition) is 2. The summed E-state index contributed by atoms with van der Waals surface area (Å²) in [5.74, 6) is 0.730. The predicted molar refractivity (Wildman–Crippen MR) is 69.4 cm³/mol. The molecule has 0 spiro atoms. The molecule has 90 valence electrons. The molecule has 1 aromatic rings. The summed E-state index contributed by atoms with van der Waals surface area (Å²) < 4.78 is 0. The zero-order valence-corrected chi connectivity index (χ0v) is 11.1. The van der Waals surface area contributed by atoms with Gasteiger partial charge >= 0.3 is 0 Å². The van der Waals surface area contributed by atoms with Crippen molar-refractivity contribution in [1.29, 1.82) is 0 Å². The van der Waals surface area contributed by atoms with Crippen LogP contribution in [0.5, 0.6) is 5.75 Å². The summed E-state index contributed by atoms with van der Waals surface area (Å²) in [5.41, 5.74) is 8.38. The fourth-order valence-electron chi connectivity index (χ4n) is 1.94. The zero-order valence-electron chi connectivity index (χ0n) is 10.3. The van der Waals surface area contributed by atoms with E-state index in [1.165, 1.54) is 0 Å². The molecule has 0 fully saturated rings. The van der Waals surface area contributed by atoms with E-state index >= 15 is 0 Å². The molecule has 0 aliphatic carbocycles. The smallest absolute Gasteiger partial charge is 0.122 e. The third-order valence-corrected chi connectivity index (χ3v) is 3.43. The van der Waals surface area contributed by atoms with Gasteiger partial charge in [0, 0.05) is 10.6 Å². The van der Waals surface area contributed by atoms with E-state index in [0.29, 0.717) is 17.3 Å². The second-order valence-electron chi connectivity index (χ2n) is 4.63. The first-order valence-corrected chi connectivity index (χ1v) is 5.99. The summed E-state index contributed by atoms with van der Waals surface area (Å²) >= 11 is 6.18. The Morgan fingerprint density at radius 1 is 1.38 bits per heavy atom. The summed E-state index contributed by atoms with van der Waals surface area (Å²) in [7, 11) is 0. The van der Waals surface area contributed by atoms with E-state index < -0.39 is 0 Å². The Balaban J connectivity index is 3.45. The maximum absolute atomic E-state index is 10.3. The molecule has 1 unspecified atom stereocenters. The van der Waals surface area contributed by atoms with Crippen molar-refractivity contribution >= 4 is 11.6 Å². The van der Waals surface area contributed by atoms with Crippen LogP contribution in [-0.4, -0.2) is 11.7 Å². The number of halogens is 1. The molecule has 0 saturated heterocycles. The lowest BCUT2D eigenvalue weighted by molar-refractivity contribution is 0.452. The average molecular weight is 242 g/mol. The standard InChI is InChI=1S/C13H20ClNO/c1-7(2)10-5-11(14)9(4)12(13(10)16)8(3)6-15/h5,7-8,16H,6,15H2,1-4H3.